The molecule has 2 fully saturated rings. The van der Waals surface area contributed by atoms with Gasteiger partial charge in [-0.15, -0.1) is 11.8 Å². The van der Waals surface area contributed by atoms with Crippen LogP contribution in [0.4, 0.5) is 0 Å². The summed E-state index contributed by atoms with van der Waals surface area (Å²) in [5, 5.41) is 2.94. The number of fused-ring (bicyclic) bond motifs is 1. The highest BCUT2D eigenvalue weighted by Gasteiger charge is 2.52. The van der Waals surface area contributed by atoms with E-state index >= 15 is 0 Å². The summed E-state index contributed by atoms with van der Waals surface area (Å²) in [5.74, 6) is 1.42. The Morgan fingerprint density at radius 3 is 3.08 bits per heavy atom. The molecule has 2 amide bonds. The topological polar surface area (TPSA) is 80.1 Å². The summed E-state index contributed by atoms with van der Waals surface area (Å²) in [4.78, 5) is 34.6. The van der Waals surface area contributed by atoms with Gasteiger partial charge in [-0.2, -0.15) is 0 Å². The molecule has 2 aliphatic heterocycles. The molecule has 2 saturated heterocycles. The predicted molar refractivity (Wildman–Crippen MR) is 93.9 cm³/mol. The number of rotatable bonds is 4. The maximum atomic E-state index is 12.6. The van der Waals surface area contributed by atoms with Gasteiger partial charge in [-0.25, -0.2) is 9.97 Å². The van der Waals surface area contributed by atoms with Crippen molar-refractivity contribution in [2.24, 2.45) is 0 Å². The van der Waals surface area contributed by atoms with Crippen LogP contribution in [0.3, 0.4) is 0 Å². The van der Waals surface area contributed by atoms with E-state index in [1.165, 1.54) is 0 Å². The lowest BCUT2D eigenvalue weighted by atomic mass is 10.2. The maximum absolute atomic E-state index is 12.6. The van der Waals surface area contributed by atoms with Crippen molar-refractivity contribution in [2.45, 2.75) is 37.2 Å². The fourth-order valence-corrected chi connectivity index (χ4v) is 4.82. The van der Waals surface area contributed by atoms with E-state index in [2.05, 4.69) is 22.2 Å². The second kappa shape index (κ2) is 6.18. The molecule has 0 aliphatic carbocycles. The lowest BCUT2D eigenvalue weighted by Crippen LogP contribution is -2.49. The molecule has 4 heterocycles. The van der Waals surface area contributed by atoms with E-state index in [0.717, 1.165) is 17.8 Å². The smallest absolute Gasteiger partial charge is 0.243 e. The maximum Gasteiger partial charge on any atom is 0.243 e. The van der Waals surface area contributed by atoms with E-state index in [4.69, 9.17) is 0 Å². The fraction of sp³-hybridized carbons (Fsp3) is 0.412. The van der Waals surface area contributed by atoms with Crippen molar-refractivity contribution in [3.63, 3.8) is 0 Å². The van der Waals surface area contributed by atoms with Gasteiger partial charge in [-0.1, -0.05) is 6.07 Å². The second-order valence-corrected chi connectivity index (χ2v) is 7.98. The first-order valence-electron chi connectivity index (χ1n) is 8.24. The van der Waals surface area contributed by atoms with Crippen LogP contribution >= 0.6 is 11.8 Å². The third-order valence-corrected chi connectivity index (χ3v) is 6.30. The molecule has 0 aromatic carbocycles. The third-order valence-electron chi connectivity index (χ3n) is 4.79. The number of pyridine rings is 1. The summed E-state index contributed by atoms with van der Waals surface area (Å²) < 4.78 is 1.82. The van der Waals surface area contributed by atoms with Crippen molar-refractivity contribution in [1.82, 2.24) is 24.8 Å². The molecule has 0 unspecified atom stereocenters. The van der Waals surface area contributed by atoms with Crippen LogP contribution in [0.25, 0.3) is 5.82 Å². The van der Waals surface area contributed by atoms with E-state index in [1.54, 1.807) is 35.4 Å². The average Bonchev–Trinajstić information content (AvgIpc) is 3.32. The van der Waals surface area contributed by atoms with Gasteiger partial charge in [-0.05, 0) is 25.0 Å². The van der Waals surface area contributed by atoms with Gasteiger partial charge in [0, 0.05) is 37.3 Å². The van der Waals surface area contributed by atoms with Crippen molar-refractivity contribution in [2.75, 3.05) is 5.75 Å². The zero-order valence-electron chi connectivity index (χ0n) is 13.9. The van der Waals surface area contributed by atoms with Crippen molar-refractivity contribution in [1.29, 1.82) is 0 Å². The highest BCUT2D eigenvalue weighted by atomic mass is 32.2. The Morgan fingerprint density at radius 2 is 2.36 bits per heavy atom. The minimum atomic E-state index is -0.372. The van der Waals surface area contributed by atoms with Crippen LogP contribution in [-0.2, 0) is 16.1 Å². The molecule has 2 aromatic rings. The van der Waals surface area contributed by atoms with Gasteiger partial charge in [0.1, 0.15) is 18.2 Å². The molecule has 25 heavy (non-hydrogen) atoms. The van der Waals surface area contributed by atoms with Crippen LogP contribution < -0.4 is 5.32 Å². The van der Waals surface area contributed by atoms with Crippen LogP contribution in [0.1, 0.15) is 25.3 Å². The first kappa shape index (κ1) is 16.1. The number of carbonyl (C=O) groups is 2. The number of nitrogens with one attached hydrogen (secondary N) is 1. The Hall–Kier alpha value is -2.35. The van der Waals surface area contributed by atoms with Crippen LogP contribution in [0.5, 0.6) is 0 Å². The van der Waals surface area contributed by atoms with Gasteiger partial charge in [0.15, 0.2) is 0 Å². The van der Waals surface area contributed by atoms with Crippen molar-refractivity contribution in [3.8, 4) is 5.82 Å². The monoisotopic (exact) mass is 357 g/mol. The molecule has 2 aliphatic rings. The van der Waals surface area contributed by atoms with E-state index in [1.807, 2.05) is 22.9 Å². The Labute approximate surface area is 149 Å². The lowest BCUT2D eigenvalue weighted by Gasteiger charge is -2.29. The molecule has 2 aromatic heterocycles. The number of nitrogens with zero attached hydrogens (tertiary/aromatic N) is 4. The normalized spacial score (nSPS) is 25.2. The van der Waals surface area contributed by atoms with Crippen LogP contribution in [0.2, 0.25) is 0 Å². The standard InChI is InChI=1S/C17H19N5O2S/c1-17-5-4-15(23)22(17)13(10-25-17)16(24)20-9-12-2-3-14(19-8-12)21-7-6-18-11-21/h2-3,6-8,11,13H,4-5,9-10H2,1H3,(H,20,24)/t13-,17-/m1/s1. The lowest BCUT2D eigenvalue weighted by molar-refractivity contribution is -0.138. The summed E-state index contributed by atoms with van der Waals surface area (Å²) in [6.07, 6.45) is 8.30. The zero-order valence-corrected chi connectivity index (χ0v) is 14.7. The van der Waals surface area contributed by atoms with Gasteiger partial charge in [0.2, 0.25) is 11.8 Å². The summed E-state index contributed by atoms with van der Waals surface area (Å²) in [6.45, 7) is 2.45. The van der Waals surface area contributed by atoms with Gasteiger partial charge in [0.25, 0.3) is 0 Å². The molecule has 0 spiro atoms. The van der Waals surface area contributed by atoms with E-state index in [-0.39, 0.29) is 22.7 Å². The van der Waals surface area contributed by atoms with Gasteiger partial charge in [-0.3, -0.25) is 14.2 Å². The van der Waals surface area contributed by atoms with Gasteiger partial charge >= 0.3 is 0 Å². The number of hydrogen-bond acceptors (Lipinski definition) is 5. The Balaban J connectivity index is 1.38. The highest BCUT2D eigenvalue weighted by Crippen LogP contribution is 2.47. The Bertz CT molecular complexity index is 792. The van der Waals surface area contributed by atoms with Gasteiger partial charge < -0.3 is 10.2 Å². The SMILES string of the molecule is C[C@@]12CCC(=O)N1[C@@H](C(=O)NCc1ccc(-n3ccnc3)nc1)CS2. The zero-order chi connectivity index (χ0) is 17.4. The molecule has 0 bridgehead atoms. The number of carbonyl (C=O) groups excluding carboxylic acids is 2. The van der Waals surface area contributed by atoms with Crippen molar-refractivity contribution >= 4 is 23.6 Å². The minimum Gasteiger partial charge on any atom is -0.350 e. The molecule has 130 valence electrons. The quantitative estimate of drug-likeness (QED) is 0.893. The molecular weight excluding hydrogens is 338 g/mol. The summed E-state index contributed by atoms with van der Waals surface area (Å²) in [6, 6.07) is 3.44. The predicted octanol–water partition coefficient (Wildman–Crippen LogP) is 1.34. The number of imidazole rings is 1. The summed E-state index contributed by atoms with van der Waals surface area (Å²) >= 11 is 1.70. The molecular formula is C17H19N5O2S. The summed E-state index contributed by atoms with van der Waals surface area (Å²) in [5.41, 5.74) is 0.915. The van der Waals surface area contributed by atoms with E-state index in [0.29, 0.717) is 18.7 Å². The molecule has 8 heteroatoms. The Morgan fingerprint density at radius 1 is 1.48 bits per heavy atom. The fourth-order valence-electron chi connectivity index (χ4n) is 3.39. The molecule has 0 radical (unpaired) electrons. The molecule has 7 nitrogen and oxygen atoms in total. The van der Waals surface area contributed by atoms with Crippen molar-refractivity contribution in [3.05, 3.63) is 42.6 Å². The van der Waals surface area contributed by atoms with Crippen LogP contribution in [-0.4, -0.2) is 47.9 Å². The largest absolute Gasteiger partial charge is 0.350 e. The molecule has 4 rings (SSSR count). The van der Waals surface area contributed by atoms with Crippen LogP contribution in [0.15, 0.2) is 37.1 Å². The Kier molecular flexibility index (Phi) is 3.99. The second-order valence-electron chi connectivity index (χ2n) is 6.48. The van der Waals surface area contributed by atoms with Gasteiger partial charge in [0.05, 0.1) is 4.87 Å². The number of amides is 2. The molecule has 0 saturated carbocycles. The third kappa shape index (κ3) is 2.90. The number of aromatic nitrogens is 3. The minimum absolute atomic E-state index is 0.0824. The van der Waals surface area contributed by atoms with E-state index < -0.39 is 0 Å². The van der Waals surface area contributed by atoms with Crippen molar-refractivity contribution < 1.29 is 9.59 Å². The molecule has 1 N–H and O–H groups in total. The first-order chi connectivity index (χ1) is 12.1. The highest BCUT2D eigenvalue weighted by molar-refractivity contribution is 8.01. The molecule has 2 atom stereocenters. The average molecular weight is 357 g/mol. The number of thioether (sulfide) groups is 1. The summed E-state index contributed by atoms with van der Waals surface area (Å²) in [7, 11) is 0. The van der Waals surface area contributed by atoms with Crippen LogP contribution in [0, 0.1) is 0 Å². The van der Waals surface area contributed by atoms with E-state index in [9.17, 15) is 9.59 Å². The first-order valence-corrected chi connectivity index (χ1v) is 9.22. The number of hydrogen-bond donors (Lipinski definition) is 1.